The van der Waals surface area contributed by atoms with Crippen molar-refractivity contribution in [3.8, 4) is 11.5 Å². The standard InChI is InChI=1S/C17H23NO5/c1-10(17(20)21-3)16(19)11-4-5-13-14(6-11)23-15(9-22-13)12-7-18(2)8-12/h4-6,10,12,15-16,19H,7-9H2,1-3H3. The minimum atomic E-state index is -0.938. The predicted octanol–water partition coefficient (Wildman–Crippen LogP) is 1.23. The van der Waals surface area contributed by atoms with Crippen LogP contribution in [0.1, 0.15) is 18.6 Å². The van der Waals surface area contributed by atoms with Crippen molar-refractivity contribution in [3.05, 3.63) is 23.8 Å². The van der Waals surface area contributed by atoms with Crippen molar-refractivity contribution in [3.63, 3.8) is 0 Å². The molecule has 1 aromatic rings. The molecule has 0 saturated carbocycles. The van der Waals surface area contributed by atoms with E-state index in [0.29, 0.717) is 29.6 Å². The molecule has 0 radical (unpaired) electrons. The fourth-order valence-electron chi connectivity index (χ4n) is 3.11. The summed E-state index contributed by atoms with van der Waals surface area (Å²) in [6, 6.07) is 5.29. The quantitative estimate of drug-likeness (QED) is 0.841. The number of aliphatic hydroxyl groups is 1. The maximum atomic E-state index is 11.6. The minimum Gasteiger partial charge on any atom is -0.486 e. The Morgan fingerprint density at radius 1 is 1.39 bits per heavy atom. The fourth-order valence-corrected chi connectivity index (χ4v) is 3.11. The maximum absolute atomic E-state index is 11.6. The van der Waals surface area contributed by atoms with Gasteiger partial charge in [0.25, 0.3) is 0 Å². The zero-order valence-corrected chi connectivity index (χ0v) is 13.7. The SMILES string of the molecule is COC(=O)C(C)C(O)c1ccc2c(c1)OC(C1CN(C)C1)CO2. The van der Waals surface area contributed by atoms with E-state index in [1.807, 2.05) is 0 Å². The van der Waals surface area contributed by atoms with Gasteiger partial charge in [0.05, 0.1) is 19.1 Å². The summed E-state index contributed by atoms with van der Waals surface area (Å²) in [4.78, 5) is 13.8. The van der Waals surface area contributed by atoms with Crippen LogP contribution in [-0.2, 0) is 9.53 Å². The van der Waals surface area contributed by atoms with Crippen LogP contribution in [0.25, 0.3) is 0 Å². The Balaban J connectivity index is 1.74. The summed E-state index contributed by atoms with van der Waals surface area (Å²) in [6.07, 6.45) is -0.907. The van der Waals surface area contributed by atoms with E-state index in [1.165, 1.54) is 7.11 Å². The number of likely N-dealkylation sites (tertiary alicyclic amines) is 1. The summed E-state index contributed by atoms with van der Waals surface area (Å²) < 4.78 is 16.5. The van der Waals surface area contributed by atoms with Crippen molar-refractivity contribution in [2.75, 3.05) is 33.9 Å². The van der Waals surface area contributed by atoms with Crippen LogP contribution in [0.2, 0.25) is 0 Å². The van der Waals surface area contributed by atoms with E-state index in [1.54, 1.807) is 25.1 Å². The monoisotopic (exact) mass is 321 g/mol. The lowest BCUT2D eigenvalue weighted by atomic mass is 9.93. The number of carbonyl (C=O) groups is 1. The Bertz CT molecular complexity index is 584. The lowest BCUT2D eigenvalue weighted by molar-refractivity contribution is -0.148. The van der Waals surface area contributed by atoms with E-state index in [0.717, 1.165) is 13.1 Å². The van der Waals surface area contributed by atoms with E-state index in [2.05, 4.69) is 16.7 Å². The van der Waals surface area contributed by atoms with Gasteiger partial charge < -0.3 is 24.2 Å². The van der Waals surface area contributed by atoms with Gasteiger partial charge in [-0.2, -0.15) is 0 Å². The van der Waals surface area contributed by atoms with Crippen LogP contribution in [0.4, 0.5) is 0 Å². The topological polar surface area (TPSA) is 68.2 Å². The van der Waals surface area contributed by atoms with Crippen LogP contribution < -0.4 is 9.47 Å². The van der Waals surface area contributed by atoms with Crippen LogP contribution in [0.3, 0.4) is 0 Å². The molecule has 1 fully saturated rings. The number of fused-ring (bicyclic) bond motifs is 1. The van der Waals surface area contributed by atoms with Crippen LogP contribution in [0.5, 0.6) is 11.5 Å². The molecule has 6 heteroatoms. The zero-order chi connectivity index (χ0) is 16.6. The molecular formula is C17H23NO5. The third kappa shape index (κ3) is 3.14. The molecule has 0 spiro atoms. The summed E-state index contributed by atoms with van der Waals surface area (Å²) in [5, 5.41) is 10.4. The lowest BCUT2D eigenvalue weighted by Gasteiger charge is -2.42. The third-order valence-corrected chi connectivity index (χ3v) is 4.66. The number of hydrogen-bond donors (Lipinski definition) is 1. The van der Waals surface area contributed by atoms with Crippen molar-refractivity contribution in [2.45, 2.75) is 19.1 Å². The molecule has 3 atom stereocenters. The average Bonchev–Trinajstić information content (AvgIpc) is 2.55. The normalized spacial score (nSPS) is 23.7. The zero-order valence-electron chi connectivity index (χ0n) is 13.7. The molecular weight excluding hydrogens is 298 g/mol. The molecule has 0 amide bonds. The Labute approximate surface area is 135 Å². The molecule has 0 aliphatic carbocycles. The van der Waals surface area contributed by atoms with Gasteiger partial charge in [0.1, 0.15) is 12.7 Å². The van der Waals surface area contributed by atoms with E-state index >= 15 is 0 Å². The van der Waals surface area contributed by atoms with Gasteiger partial charge in [0.2, 0.25) is 0 Å². The molecule has 2 heterocycles. The number of benzene rings is 1. The van der Waals surface area contributed by atoms with E-state index < -0.39 is 18.0 Å². The number of aliphatic hydroxyl groups excluding tert-OH is 1. The van der Waals surface area contributed by atoms with Gasteiger partial charge in [-0.3, -0.25) is 4.79 Å². The largest absolute Gasteiger partial charge is 0.486 e. The van der Waals surface area contributed by atoms with Crippen LogP contribution in [0, 0.1) is 11.8 Å². The molecule has 1 aromatic carbocycles. The molecule has 2 aliphatic heterocycles. The van der Waals surface area contributed by atoms with E-state index in [4.69, 9.17) is 9.47 Å². The summed E-state index contributed by atoms with van der Waals surface area (Å²) in [5.41, 5.74) is 0.622. The first-order chi connectivity index (χ1) is 11.0. The molecule has 3 rings (SSSR count). The van der Waals surface area contributed by atoms with E-state index in [-0.39, 0.29) is 6.10 Å². The van der Waals surface area contributed by atoms with Crippen molar-refractivity contribution in [2.24, 2.45) is 11.8 Å². The van der Waals surface area contributed by atoms with Crippen LogP contribution in [-0.4, -0.2) is 55.9 Å². The number of carbonyl (C=O) groups excluding carboxylic acids is 1. The smallest absolute Gasteiger partial charge is 0.311 e. The first-order valence-electron chi connectivity index (χ1n) is 7.87. The fraction of sp³-hybridized carbons (Fsp3) is 0.588. The second-order valence-corrected chi connectivity index (χ2v) is 6.41. The Morgan fingerprint density at radius 2 is 2.13 bits per heavy atom. The van der Waals surface area contributed by atoms with Crippen molar-refractivity contribution in [1.29, 1.82) is 0 Å². The summed E-state index contributed by atoms with van der Waals surface area (Å²) >= 11 is 0. The van der Waals surface area contributed by atoms with Gasteiger partial charge in [-0.05, 0) is 31.7 Å². The van der Waals surface area contributed by atoms with Crippen molar-refractivity contribution < 1.29 is 24.1 Å². The number of methoxy groups -OCH3 is 1. The van der Waals surface area contributed by atoms with Crippen LogP contribution in [0.15, 0.2) is 18.2 Å². The predicted molar refractivity (Wildman–Crippen MR) is 83.5 cm³/mol. The highest BCUT2D eigenvalue weighted by molar-refractivity contribution is 5.72. The molecule has 6 nitrogen and oxygen atoms in total. The lowest BCUT2D eigenvalue weighted by Crippen LogP contribution is -2.53. The third-order valence-electron chi connectivity index (χ3n) is 4.66. The Kier molecular flexibility index (Phi) is 4.46. The van der Waals surface area contributed by atoms with Gasteiger partial charge in [-0.1, -0.05) is 6.07 Å². The highest BCUT2D eigenvalue weighted by atomic mass is 16.6. The number of nitrogens with zero attached hydrogens (tertiary/aromatic N) is 1. The second kappa shape index (κ2) is 6.37. The highest BCUT2D eigenvalue weighted by Gasteiger charge is 2.36. The molecule has 1 N–H and O–H groups in total. The molecule has 23 heavy (non-hydrogen) atoms. The molecule has 2 aliphatic rings. The molecule has 0 aromatic heterocycles. The summed E-state index contributed by atoms with van der Waals surface area (Å²) in [7, 11) is 3.40. The van der Waals surface area contributed by atoms with Gasteiger partial charge in [0, 0.05) is 19.0 Å². The summed E-state index contributed by atoms with van der Waals surface area (Å²) in [5.74, 6) is 0.692. The molecule has 3 unspecified atom stereocenters. The number of esters is 1. The first-order valence-corrected chi connectivity index (χ1v) is 7.87. The number of ether oxygens (including phenoxy) is 3. The van der Waals surface area contributed by atoms with Gasteiger partial charge >= 0.3 is 5.97 Å². The average molecular weight is 321 g/mol. The van der Waals surface area contributed by atoms with Gasteiger partial charge in [-0.25, -0.2) is 0 Å². The van der Waals surface area contributed by atoms with Gasteiger partial charge in [-0.15, -0.1) is 0 Å². The second-order valence-electron chi connectivity index (χ2n) is 6.41. The highest BCUT2D eigenvalue weighted by Crippen LogP contribution is 2.37. The van der Waals surface area contributed by atoms with Crippen LogP contribution >= 0.6 is 0 Å². The van der Waals surface area contributed by atoms with Gasteiger partial charge in [0.15, 0.2) is 11.5 Å². The number of rotatable bonds is 4. The molecule has 1 saturated heterocycles. The maximum Gasteiger partial charge on any atom is 0.311 e. The summed E-state index contributed by atoms with van der Waals surface area (Å²) in [6.45, 7) is 4.20. The van der Waals surface area contributed by atoms with Crippen molar-refractivity contribution >= 4 is 5.97 Å². The first kappa shape index (κ1) is 16.1. The Morgan fingerprint density at radius 3 is 2.78 bits per heavy atom. The molecule has 126 valence electrons. The van der Waals surface area contributed by atoms with Crippen molar-refractivity contribution in [1.82, 2.24) is 4.90 Å². The molecule has 0 bridgehead atoms. The Hall–Kier alpha value is -1.79. The minimum absolute atomic E-state index is 0.0316. The van der Waals surface area contributed by atoms with E-state index in [9.17, 15) is 9.90 Å². The number of hydrogen-bond acceptors (Lipinski definition) is 6.